The first-order chi connectivity index (χ1) is 4.43. The minimum absolute atomic E-state index is 0.980. The van der Waals surface area contributed by atoms with Crippen LogP contribution in [-0.2, 0) is 0 Å². The molecule has 0 amide bonds. The van der Waals surface area contributed by atoms with Crippen molar-refractivity contribution in [3.63, 3.8) is 0 Å². The molecule has 0 N–H and O–H groups in total. The van der Waals surface area contributed by atoms with E-state index in [-0.39, 0.29) is 0 Å². The van der Waals surface area contributed by atoms with E-state index in [4.69, 9.17) is 0 Å². The summed E-state index contributed by atoms with van der Waals surface area (Å²) in [6, 6.07) is 0. The Morgan fingerprint density at radius 1 is 1.44 bits per heavy atom. The smallest absolute Gasteiger partial charge is 0.0163 e. The van der Waals surface area contributed by atoms with Crippen LogP contribution in [0.1, 0.15) is 6.42 Å². The molecule has 0 saturated carbocycles. The molecule has 1 aliphatic heterocycles. The van der Waals surface area contributed by atoms with Gasteiger partial charge in [0.1, 0.15) is 0 Å². The fourth-order valence-electron chi connectivity index (χ4n) is 1.03. The van der Waals surface area contributed by atoms with Gasteiger partial charge in [-0.2, -0.15) is 12.6 Å². The second kappa shape index (κ2) is 3.96. The molecule has 2 heteroatoms. The van der Waals surface area contributed by atoms with E-state index in [0.717, 1.165) is 18.8 Å². The van der Waals surface area contributed by atoms with Gasteiger partial charge in [-0.15, -0.1) is 0 Å². The zero-order valence-corrected chi connectivity index (χ0v) is 6.48. The number of hydrogen-bond donors (Lipinski definition) is 1. The molecule has 0 aromatic heterocycles. The molecule has 0 aromatic carbocycles. The van der Waals surface area contributed by atoms with Gasteiger partial charge in [-0.05, 0) is 6.42 Å². The lowest BCUT2D eigenvalue weighted by molar-refractivity contribution is 0.318. The molecule has 0 fully saturated rings. The fraction of sp³-hybridized carbons (Fsp3) is 0.714. The quantitative estimate of drug-likeness (QED) is 0.449. The molecular formula is C7H13NS. The Hall–Kier alpha value is 0.0500. The van der Waals surface area contributed by atoms with Crippen molar-refractivity contribution in [3.05, 3.63) is 12.2 Å². The summed E-state index contributed by atoms with van der Waals surface area (Å²) >= 11 is 4.17. The zero-order chi connectivity index (χ0) is 6.53. The molecule has 1 aliphatic rings. The Balaban J connectivity index is 2.18. The Bertz CT molecular complexity index is 101. The monoisotopic (exact) mass is 143 g/mol. The summed E-state index contributed by atoms with van der Waals surface area (Å²) in [7, 11) is 0. The van der Waals surface area contributed by atoms with Crippen LogP contribution in [0.4, 0.5) is 0 Å². The van der Waals surface area contributed by atoms with E-state index in [2.05, 4.69) is 29.7 Å². The summed E-state index contributed by atoms with van der Waals surface area (Å²) in [6.45, 7) is 3.48. The van der Waals surface area contributed by atoms with Crippen LogP contribution in [0.2, 0.25) is 0 Å². The molecule has 0 aromatic rings. The first-order valence-electron chi connectivity index (χ1n) is 3.41. The molecule has 0 radical (unpaired) electrons. The molecule has 52 valence electrons. The normalized spacial score (nSPS) is 20.6. The highest BCUT2D eigenvalue weighted by atomic mass is 32.1. The van der Waals surface area contributed by atoms with Gasteiger partial charge >= 0.3 is 0 Å². The van der Waals surface area contributed by atoms with Crippen LogP contribution >= 0.6 is 12.6 Å². The van der Waals surface area contributed by atoms with Gasteiger partial charge in [-0.1, -0.05) is 12.2 Å². The Morgan fingerprint density at radius 3 is 2.89 bits per heavy atom. The second-order valence-corrected chi connectivity index (χ2v) is 2.73. The van der Waals surface area contributed by atoms with Gasteiger partial charge in [0.05, 0.1) is 0 Å². The molecule has 0 spiro atoms. The third-order valence-corrected chi connectivity index (χ3v) is 1.76. The van der Waals surface area contributed by atoms with Crippen LogP contribution < -0.4 is 0 Å². The molecule has 1 nitrogen and oxygen atoms in total. The Kier molecular flexibility index (Phi) is 3.15. The predicted molar refractivity (Wildman–Crippen MR) is 44.1 cm³/mol. The van der Waals surface area contributed by atoms with Crippen LogP contribution in [-0.4, -0.2) is 30.3 Å². The van der Waals surface area contributed by atoms with Crippen LogP contribution in [0, 0.1) is 0 Å². The van der Waals surface area contributed by atoms with Crippen molar-refractivity contribution in [1.29, 1.82) is 0 Å². The summed E-state index contributed by atoms with van der Waals surface area (Å²) in [5, 5.41) is 0. The summed E-state index contributed by atoms with van der Waals surface area (Å²) in [4.78, 5) is 2.41. The van der Waals surface area contributed by atoms with Crippen LogP contribution in [0.15, 0.2) is 12.2 Å². The fourth-order valence-corrected chi connectivity index (χ4v) is 1.32. The van der Waals surface area contributed by atoms with Crippen molar-refractivity contribution < 1.29 is 0 Å². The maximum Gasteiger partial charge on any atom is 0.0163 e. The molecule has 0 saturated heterocycles. The lowest BCUT2D eigenvalue weighted by Crippen LogP contribution is -2.28. The van der Waals surface area contributed by atoms with Crippen molar-refractivity contribution in [3.8, 4) is 0 Å². The van der Waals surface area contributed by atoms with Crippen LogP contribution in [0.3, 0.4) is 0 Å². The van der Waals surface area contributed by atoms with E-state index < -0.39 is 0 Å². The van der Waals surface area contributed by atoms with Crippen molar-refractivity contribution in [2.45, 2.75) is 6.42 Å². The van der Waals surface area contributed by atoms with Gasteiger partial charge in [0.15, 0.2) is 0 Å². The van der Waals surface area contributed by atoms with Crippen molar-refractivity contribution in [2.75, 3.05) is 25.4 Å². The molecule has 0 bridgehead atoms. The minimum Gasteiger partial charge on any atom is -0.299 e. The predicted octanol–water partition coefficient (Wildman–Crippen LogP) is 1.18. The third-order valence-electron chi connectivity index (χ3n) is 1.56. The number of thiol groups is 1. The standard InChI is InChI=1S/C7H13NS/c9-7-6-8-4-2-1-3-5-8/h1-2,9H,3-7H2. The van der Waals surface area contributed by atoms with Crippen LogP contribution in [0.25, 0.3) is 0 Å². The largest absolute Gasteiger partial charge is 0.299 e. The van der Waals surface area contributed by atoms with Crippen molar-refractivity contribution >= 4 is 12.6 Å². The highest BCUT2D eigenvalue weighted by molar-refractivity contribution is 7.80. The van der Waals surface area contributed by atoms with E-state index in [1.165, 1.54) is 13.0 Å². The molecule has 1 rings (SSSR count). The summed E-state index contributed by atoms with van der Waals surface area (Å²) < 4.78 is 0. The topological polar surface area (TPSA) is 3.24 Å². The summed E-state index contributed by atoms with van der Waals surface area (Å²) in [5.41, 5.74) is 0. The number of hydrogen-bond acceptors (Lipinski definition) is 2. The van der Waals surface area contributed by atoms with Gasteiger partial charge in [0.25, 0.3) is 0 Å². The van der Waals surface area contributed by atoms with Crippen molar-refractivity contribution in [1.82, 2.24) is 4.90 Å². The average molecular weight is 143 g/mol. The second-order valence-electron chi connectivity index (χ2n) is 2.28. The maximum atomic E-state index is 4.17. The molecule has 9 heavy (non-hydrogen) atoms. The third kappa shape index (κ3) is 2.41. The molecule has 0 atom stereocenters. The molecule has 1 heterocycles. The highest BCUT2D eigenvalue weighted by Crippen LogP contribution is 1.99. The lowest BCUT2D eigenvalue weighted by Gasteiger charge is -2.21. The number of nitrogens with zero attached hydrogens (tertiary/aromatic N) is 1. The van der Waals surface area contributed by atoms with Gasteiger partial charge in [0, 0.05) is 25.4 Å². The summed E-state index contributed by atoms with van der Waals surface area (Å²) in [5.74, 6) is 0.980. The van der Waals surface area contributed by atoms with Gasteiger partial charge in [0.2, 0.25) is 0 Å². The Labute approximate surface area is 62.1 Å². The molecule has 0 unspecified atom stereocenters. The van der Waals surface area contributed by atoms with E-state index in [9.17, 15) is 0 Å². The van der Waals surface area contributed by atoms with Crippen molar-refractivity contribution in [2.24, 2.45) is 0 Å². The van der Waals surface area contributed by atoms with Gasteiger partial charge in [-0.3, -0.25) is 4.90 Å². The van der Waals surface area contributed by atoms with E-state index >= 15 is 0 Å². The first kappa shape index (κ1) is 7.16. The Morgan fingerprint density at radius 2 is 2.33 bits per heavy atom. The first-order valence-corrected chi connectivity index (χ1v) is 4.05. The summed E-state index contributed by atoms with van der Waals surface area (Å²) in [6.07, 6.45) is 5.69. The molecule has 0 aliphatic carbocycles. The van der Waals surface area contributed by atoms with Crippen LogP contribution in [0.5, 0.6) is 0 Å². The lowest BCUT2D eigenvalue weighted by atomic mass is 10.2. The number of rotatable bonds is 2. The van der Waals surface area contributed by atoms with E-state index in [1.807, 2.05) is 0 Å². The SMILES string of the molecule is SCCN1CC=CCC1. The highest BCUT2D eigenvalue weighted by Gasteiger charge is 2.02. The minimum atomic E-state index is 0.980. The average Bonchev–Trinajstić information content (AvgIpc) is 1.91. The van der Waals surface area contributed by atoms with E-state index in [0.29, 0.717) is 0 Å². The van der Waals surface area contributed by atoms with E-state index in [1.54, 1.807) is 0 Å². The maximum absolute atomic E-state index is 4.17. The van der Waals surface area contributed by atoms with Gasteiger partial charge in [-0.25, -0.2) is 0 Å². The molecular weight excluding hydrogens is 130 g/mol. The van der Waals surface area contributed by atoms with Gasteiger partial charge < -0.3 is 0 Å². The zero-order valence-electron chi connectivity index (χ0n) is 5.58.